The Labute approximate surface area is 215 Å². The summed E-state index contributed by atoms with van der Waals surface area (Å²) in [4.78, 5) is 20.0. The molecule has 1 aliphatic rings. The Kier molecular flexibility index (Phi) is 7.31. The van der Waals surface area contributed by atoms with Crippen molar-refractivity contribution in [2.45, 2.75) is 25.5 Å². The van der Waals surface area contributed by atoms with Crippen molar-refractivity contribution in [2.24, 2.45) is 0 Å². The second kappa shape index (κ2) is 10.9. The minimum atomic E-state index is -0.150. The number of hydrogen-bond acceptors (Lipinski definition) is 4. The molecule has 2 heterocycles. The van der Waals surface area contributed by atoms with Crippen LogP contribution in [-0.2, 0) is 11.4 Å². The van der Waals surface area contributed by atoms with Gasteiger partial charge in [0.15, 0.2) is 0 Å². The smallest absolute Gasteiger partial charge is 0.254 e. The molecule has 182 valence electrons. The van der Waals surface area contributed by atoms with E-state index in [1.54, 1.807) is 17.0 Å². The lowest BCUT2D eigenvalue weighted by molar-refractivity contribution is -0.126. The van der Waals surface area contributed by atoms with E-state index in [0.29, 0.717) is 29.5 Å². The van der Waals surface area contributed by atoms with Crippen LogP contribution in [0.25, 0.3) is 22.6 Å². The lowest BCUT2D eigenvalue weighted by atomic mass is 10.0. The van der Waals surface area contributed by atoms with Gasteiger partial charge in [-0.1, -0.05) is 60.1 Å². The van der Waals surface area contributed by atoms with Gasteiger partial charge in [-0.2, -0.15) is 0 Å². The van der Waals surface area contributed by atoms with Crippen LogP contribution in [0.2, 0.25) is 5.02 Å². The van der Waals surface area contributed by atoms with Gasteiger partial charge in [-0.15, -0.1) is 0 Å². The highest BCUT2D eigenvalue weighted by Gasteiger charge is 2.30. The number of rotatable bonds is 7. The van der Waals surface area contributed by atoms with Crippen molar-refractivity contribution >= 4 is 40.1 Å². The van der Waals surface area contributed by atoms with Gasteiger partial charge in [-0.3, -0.25) is 4.79 Å². The number of halogens is 1. The molecule has 1 atom stereocenters. The van der Waals surface area contributed by atoms with Gasteiger partial charge in [-0.05, 0) is 66.4 Å². The maximum Gasteiger partial charge on any atom is 0.254 e. The van der Waals surface area contributed by atoms with Gasteiger partial charge in [0.1, 0.15) is 12.4 Å². The first-order valence-corrected chi connectivity index (χ1v) is 12.5. The van der Waals surface area contributed by atoms with Crippen LogP contribution in [-0.4, -0.2) is 40.1 Å². The molecule has 0 aliphatic carbocycles. The monoisotopic (exact) mass is 498 g/mol. The summed E-state index contributed by atoms with van der Waals surface area (Å²) in [5.74, 6) is 0.608. The molecule has 0 radical (unpaired) electrons. The van der Waals surface area contributed by atoms with Crippen LogP contribution < -0.4 is 4.74 Å². The number of carbonyl (C=O) groups excluding carboxylic acids is 1. The summed E-state index contributed by atoms with van der Waals surface area (Å²) in [7, 11) is 0. The Hall–Kier alpha value is -3.67. The van der Waals surface area contributed by atoms with Crippen molar-refractivity contribution in [1.29, 1.82) is 0 Å². The van der Waals surface area contributed by atoms with E-state index in [2.05, 4.69) is 4.98 Å². The van der Waals surface area contributed by atoms with Crippen molar-refractivity contribution < 1.29 is 14.6 Å². The summed E-state index contributed by atoms with van der Waals surface area (Å²) in [5.41, 5.74) is 4.02. The zero-order chi connectivity index (χ0) is 24.9. The fourth-order valence-electron chi connectivity index (χ4n) is 4.52. The molecule has 1 fully saturated rings. The third kappa shape index (κ3) is 5.43. The summed E-state index contributed by atoms with van der Waals surface area (Å²) in [6.45, 7) is 0.958. The number of nitrogens with zero attached hydrogens (tertiary/aromatic N) is 2. The van der Waals surface area contributed by atoms with Crippen LogP contribution in [0, 0.1) is 0 Å². The van der Waals surface area contributed by atoms with Gasteiger partial charge in [0.05, 0.1) is 23.9 Å². The van der Waals surface area contributed by atoms with Crippen LogP contribution in [0.3, 0.4) is 0 Å². The van der Waals surface area contributed by atoms with E-state index in [1.807, 2.05) is 78.9 Å². The zero-order valence-corrected chi connectivity index (χ0v) is 20.6. The van der Waals surface area contributed by atoms with Gasteiger partial charge in [-0.25, -0.2) is 4.98 Å². The molecule has 4 aromatic rings. The maximum absolute atomic E-state index is 13.6. The number of hydrogen-bond donors (Lipinski definition) is 1. The molecule has 1 aliphatic heterocycles. The van der Waals surface area contributed by atoms with Gasteiger partial charge < -0.3 is 14.7 Å². The molecular weight excluding hydrogens is 472 g/mol. The highest BCUT2D eigenvalue weighted by molar-refractivity contribution is 6.30. The lowest BCUT2D eigenvalue weighted by Crippen LogP contribution is -2.38. The number of aliphatic hydroxyl groups excluding tert-OH is 1. The van der Waals surface area contributed by atoms with Crippen LogP contribution in [0.1, 0.15) is 29.7 Å². The van der Waals surface area contributed by atoms with Crippen molar-refractivity contribution in [3.8, 4) is 5.75 Å². The molecule has 0 bridgehead atoms. The van der Waals surface area contributed by atoms with Crippen molar-refractivity contribution in [2.75, 3.05) is 13.2 Å². The second-order valence-electron chi connectivity index (χ2n) is 8.90. The molecule has 1 aromatic heterocycles. The fraction of sp³-hybridized carbons (Fsp3) is 0.200. The molecule has 1 saturated heterocycles. The molecule has 36 heavy (non-hydrogen) atoms. The number of benzene rings is 3. The molecule has 1 N–H and O–H groups in total. The predicted octanol–water partition coefficient (Wildman–Crippen LogP) is 5.99. The molecule has 5 nitrogen and oxygen atoms in total. The van der Waals surface area contributed by atoms with E-state index in [4.69, 9.17) is 16.3 Å². The number of amides is 1. The van der Waals surface area contributed by atoms with E-state index in [-0.39, 0.29) is 18.6 Å². The Bertz CT molecular complexity index is 1380. The highest BCUT2D eigenvalue weighted by atomic mass is 35.5. The SMILES string of the molecule is O=C(/C(=C/c1ccc(Cl)cc1)c1ccc(OCc2ccc3ccccc3n2)cc1)N1CCC[C@@H]1CO. The Morgan fingerprint density at radius 3 is 2.58 bits per heavy atom. The number of likely N-dealkylation sites (tertiary alicyclic amines) is 1. The predicted molar refractivity (Wildman–Crippen MR) is 144 cm³/mol. The van der Waals surface area contributed by atoms with E-state index < -0.39 is 0 Å². The topological polar surface area (TPSA) is 62.7 Å². The van der Waals surface area contributed by atoms with Crippen LogP contribution >= 0.6 is 11.6 Å². The van der Waals surface area contributed by atoms with E-state index in [1.165, 1.54) is 0 Å². The number of pyridine rings is 1. The summed E-state index contributed by atoms with van der Waals surface area (Å²) in [6.07, 6.45) is 3.58. The quantitative estimate of drug-likeness (QED) is 0.251. The van der Waals surface area contributed by atoms with Crippen molar-refractivity contribution in [3.05, 3.63) is 107 Å². The zero-order valence-electron chi connectivity index (χ0n) is 19.8. The minimum Gasteiger partial charge on any atom is -0.487 e. The van der Waals surface area contributed by atoms with Gasteiger partial charge in [0.25, 0.3) is 5.91 Å². The highest BCUT2D eigenvalue weighted by Crippen LogP contribution is 2.28. The van der Waals surface area contributed by atoms with E-state index in [9.17, 15) is 9.90 Å². The molecule has 6 heteroatoms. The number of aliphatic hydroxyl groups is 1. The third-order valence-corrected chi connectivity index (χ3v) is 6.72. The molecule has 3 aromatic carbocycles. The summed E-state index contributed by atoms with van der Waals surface area (Å²) < 4.78 is 5.98. The number of aromatic nitrogens is 1. The summed E-state index contributed by atoms with van der Waals surface area (Å²) in [6, 6.07) is 26.8. The Morgan fingerprint density at radius 2 is 1.81 bits per heavy atom. The molecule has 0 unspecified atom stereocenters. The van der Waals surface area contributed by atoms with Crippen LogP contribution in [0.15, 0.2) is 84.9 Å². The molecule has 5 rings (SSSR count). The first-order chi connectivity index (χ1) is 17.6. The number of carbonyl (C=O) groups is 1. The van der Waals surface area contributed by atoms with Gasteiger partial charge in [0.2, 0.25) is 0 Å². The normalized spacial score (nSPS) is 15.9. The molecule has 1 amide bonds. The number of ether oxygens (including phenoxy) is 1. The van der Waals surface area contributed by atoms with Crippen LogP contribution in [0.5, 0.6) is 5.75 Å². The molecule has 0 spiro atoms. The molecular formula is C30H27ClN2O3. The average molecular weight is 499 g/mol. The Balaban J connectivity index is 1.37. The summed E-state index contributed by atoms with van der Waals surface area (Å²) in [5, 5.41) is 11.5. The Morgan fingerprint density at radius 1 is 1.03 bits per heavy atom. The first kappa shape index (κ1) is 24.0. The first-order valence-electron chi connectivity index (χ1n) is 12.1. The van der Waals surface area contributed by atoms with Crippen molar-refractivity contribution in [1.82, 2.24) is 9.88 Å². The third-order valence-electron chi connectivity index (χ3n) is 6.47. The van der Waals surface area contributed by atoms with E-state index >= 15 is 0 Å². The number of fused-ring (bicyclic) bond motifs is 1. The van der Waals surface area contributed by atoms with Crippen molar-refractivity contribution in [3.63, 3.8) is 0 Å². The van der Waals surface area contributed by atoms with E-state index in [0.717, 1.165) is 40.6 Å². The van der Waals surface area contributed by atoms with Crippen LogP contribution in [0.4, 0.5) is 0 Å². The fourth-order valence-corrected chi connectivity index (χ4v) is 4.64. The lowest BCUT2D eigenvalue weighted by Gasteiger charge is -2.24. The summed E-state index contributed by atoms with van der Waals surface area (Å²) >= 11 is 6.05. The van der Waals surface area contributed by atoms with Gasteiger partial charge >= 0.3 is 0 Å². The number of para-hydroxylation sites is 1. The minimum absolute atomic E-state index is 0.0322. The maximum atomic E-state index is 13.6. The van der Waals surface area contributed by atoms with Gasteiger partial charge in [0, 0.05) is 22.5 Å². The largest absolute Gasteiger partial charge is 0.487 e. The molecule has 0 saturated carbocycles. The standard InChI is InChI=1S/C30H27ClN2O3/c31-24-12-7-21(8-13-24)18-28(30(35)33-17-3-5-26(33)19-34)22-10-15-27(16-11-22)36-20-25-14-9-23-4-1-2-6-29(23)32-25/h1-2,4,6-16,18,26,34H,3,5,17,19-20H2/b28-18+/t26-/m1/s1. The second-order valence-corrected chi connectivity index (χ2v) is 9.33. The average Bonchev–Trinajstić information content (AvgIpc) is 3.41.